The summed E-state index contributed by atoms with van der Waals surface area (Å²) >= 11 is 4.33. The average Bonchev–Trinajstić information content (AvgIpc) is 2.04. The van der Waals surface area contributed by atoms with Crippen molar-refractivity contribution < 1.29 is 4.79 Å². The average molecular weight is 191 g/mol. The van der Waals surface area contributed by atoms with Crippen LogP contribution in [0, 0.1) is 6.92 Å². The van der Waals surface area contributed by atoms with Crippen molar-refractivity contribution >= 4 is 23.3 Å². The van der Waals surface area contributed by atoms with Crippen LogP contribution < -0.4 is 0 Å². The molecule has 0 atom stereocenters. The van der Waals surface area contributed by atoms with E-state index in [0.717, 1.165) is 11.1 Å². The molecule has 0 spiro atoms. The highest BCUT2D eigenvalue weighted by Crippen LogP contribution is 2.04. The minimum atomic E-state index is -0.249. The molecule has 0 N–H and O–H groups in total. The Bertz CT molecular complexity index is 367. The van der Waals surface area contributed by atoms with Gasteiger partial charge in [0.05, 0.1) is 11.6 Å². The fourth-order valence-corrected chi connectivity index (χ4v) is 1.19. The predicted octanol–water partition coefficient (Wildman–Crippen LogP) is 2.17. The van der Waals surface area contributed by atoms with E-state index in [9.17, 15) is 4.79 Å². The first-order valence-corrected chi connectivity index (χ1v) is 4.29. The predicted molar refractivity (Wildman–Crippen MR) is 54.9 cm³/mol. The fraction of sp³-hybridized carbons (Fsp3) is 0.200. The minimum Gasteiger partial charge on any atom is -0.271 e. The molecule has 0 bridgehead atoms. The van der Waals surface area contributed by atoms with E-state index in [2.05, 4.69) is 22.4 Å². The fourth-order valence-electron chi connectivity index (χ4n) is 1.09. The van der Waals surface area contributed by atoms with Crippen molar-refractivity contribution in [3.05, 3.63) is 35.4 Å². The summed E-state index contributed by atoms with van der Waals surface area (Å²) in [4.78, 5) is 14.4. The topological polar surface area (TPSA) is 29.4 Å². The first-order chi connectivity index (χ1) is 6.22. The van der Waals surface area contributed by atoms with Crippen molar-refractivity contribution in [2.24, 2.45) is 4.99 Å². The van der Waals surface area contributed by atoms with Crippen molar-refractivity contribution in [1.29, 1.82) is 0 Å². The maximum Gasteiger partial charge on any atom is 0.258 e. The molecule has 13 heavy (non-hydrogen) atoms. The van der Waals surface area contributed by atoms with Crippen molar-refractivity contribution in [3.8, 4) is 0 Å². The highest BCUT2D eigenvalue weighted by atomic mass is 32.1. The number of benzene rings is 1. The maximum absolute atomic E-state index is 11.0. The van der Waals surface area contributed by atoms with E-state index in [1.165, 1.54) is 0 Å². The molecule has 1 aromatic rings. The number of nitrogens with zero attached hydrogens (tertiary/aromatic N) is 1. The van der Waals surface area contributed by atoms with Gasteiger partial charge in [-0.3, -0.25) is 4.79 Å². The van der Waals surface area contributed by atoms with Crippen LogP contribution in [-0.2, 0) is 11.2 Å². The van der Waals surface area contributed by atoms with Gasteiger partial charge < -0.3 is 0 Å². The number of carbonyl (C=O) groups excluding carboxylic acids is 1. The number of hydrogen-bond acceptors (Lipinski definition) is 2. The Morgan fingerprint density at radius 2 is 2.38 bits per heavy atom. The van der Waals surface area contributed by atoms with Gasteiger partial charge in [0.15, 0.2) is 0 Å². The molecular weight excluding hydrogens is 182 g/mol. The van der Waals surface area contributed by atoms with E-state index in [1.807, 2.05) is 31.2 Å². The first kappa shape index (κ1) is 9.78. The molecule has 1 aromatic carbocycles. The molecule has 0 heterocycles. The van der Waals surface area contributed by atoms with Gasteiger partial charge in [0.2, 0.25) is 0 Å². The van der Waals surface area contributed by atoms with Gasteiger partial charge in [0, 0.05) is 0 Å². The molecule has 0 aliphatic carbocycles. The highest BCUT2D eigenvalue weighted by Gasteiger charge is 2.00. The molecule has 66 valence electrons. The Labute approximate surface area is 82.3 Å². The molecule has 2 nitrogen and oxygen atoms in total. The third kappa shape index (κ3) is 3.28. The van der Waals surface area contributed by atoms with Gasteiger partial charge in [-0.05, 0) is 24.7 Å². The minimum absolute atomic E-state index is 0.249. The molecule has 0 fully saturated rings. The van der Waals surface area contributed by atoms with Crippen LogP contribution in [0.25, 0.3) is 0 Å². The van der Waals surface area contributed by atoms with Gasteiger partial charge in [0.1, 0.15) is 0 Å². The molecular formula is C10H9NOS. The second-order valence-electron chi connectivity index (χ2n) is 2.76. The smallest absolute Gasteiger partial charge is 0.258 e. The van der Waals surface area contributed by atoms with Gasteiger partial charge in [-0.25, -0.2) is 0 Å². The van der Waals surface area contributed by atoms with E-state index in [1.54, 1.807) is 0 Å². The van der Waals surface area contributed by atoms with Crippen molar-refractivity contribution in [2.45, 2.75) is 13.3 Å². The van der Waals surface area contributed by atoms with Crippen LogP contribution in [-0.4, -0.2) is 11.1 Å². The van der Waals surface area contributed by atoms with Crippen LogP contribution in [0.3, 0.4) is 0 Å². The zero-order valence-corrected chi connectivity index (χ0v) is 8.10. The summed E-state index contributed by atoms with van der Waals surface area (Å²) < 4.78 is 0. The summed E-state index contributed by atoms with van der Waals surface area (Å²) in [5, 5.41) is 2.06. The maximum atomic E-state index is 11.0. The molecule has 0 saturated carbocycles. The molecule has 0 unspecified atom stereocenters. The molecule has 0 aromatic heterocycles. The number of rotatable bonds is 2. The van der Waals surface area contributed by atoms with Gasteiger partial charge in [-0.1, -0.05) is 29.8 Å². The van der Waals surface area contributed by atoms with Gasteiger partial charge in [0.25, 0.3) is 5.91 Å². The van der Waals surface area contributed by atoms with Crippen LogP contribution in [0.1, 0.15) is 11.1 Å². The lowest BCUT2D eigenvalue weighted by Crippen LogP contribution is -1.98. The van der Waals surface area contributed by atoms with E-state index in [4.69, 9.17) is 0 Å². The number of thiocarbonyl (C=S) groups is 1. The lowest BCUT2D eigenvalue weighted by atomic mass is 10.1. The van der Waals surface area contributed by atoms with Crippen molar-refractivity contribution in [2.75, 3.05) is 0 Å². The van der Waals surface area contributed by atoms with E-state index in [0.29, 0.717) is 6.42 Å². The Balaban J connectivity index is 2.74. The van der Waals surface area contributed by atoms with Crippen LogP contribution in [0.4, 0.5) is 0 Å². The van der Waals surface area contributed by atoms with Crippen LogP contribution in [0.2, 0.25) is 0 Å². The third-order valence-corrected chi connectivity index (χ3v) is 1.70. The SMILES string of the molecule is Cc1cccc(CC(=O)N=C=S)c1. The molecule has 0 radical (unpaired) electrons. The lowest BCUT2D eigenvalue weighted by molar-refractivity contribution is -0.117. The Kier molecular flexibility index (Phi) is 3.50. The van der Waals surface area contributed by atoms with Crippen LogP contribution >= 0.6 is 12.2 Å². The number of aryl methyl sites for hydroxylation is 1. The zero-order chi connectivity index (χ0) is 9.68. The third-order valence-electron chi connectivity index (χ3n) is 1.61. The molecule has 0 saturated heterocycles. The summed E-state index contributed by atoms with van der Waals surface area (Å²) in [5.41, 5.74) is 2.09. The number of isothiocyanates is 1. The summed E-state index contributed by atoms with van der Waals surface area (Å²) in [7, 11) is 0. The quantitative estimate of drug-likeness (QED) is 0.529. The van der Waals surface area contributed by atoms with Crippen molar-refractivity contribution in [3.63, 3.8) is 0 Å². The molecule has 1 rings (SSSR count). The standard InChI is InChI=1S/C10H9NOS/c1-8-3-2-4-9(5-8)6-10(12)11-7-13/h2-5H,6H2,1H3. The summed E-state index contributed by atoms with van der Waals surface area (Å²) in [6, 6.07) is 7.75. The Hall–Kier alpha value is -1.31. The monoisotopic (exact) mass is 191 g/mol. The molecule has 0 aliphatic rings. The number of carbonyl (C=O) groups is 1. The molecule has 3 heteroatoms. The van der Waals surface area contributed by atoms with Gasteiger partial charge in [-0.15, -0.1) is 0 Å². The normalized spacial score (nSPS) is 9.00. The van der Waals surface area contributed by atoms with E-state index >= 15 is 0 Å². The summed E-state index contributed by atoms with van der Waals surface area (Å²) in [6.07, 6.45) is 0.297. The lowest BCUT2D eigenvalue weighted by Gasteiger charge is -1.97. The number of aliphatic imine (C=N–C) groups is 1. The molecule has 0 aliphatic heterocycles. The Morgan fingerprint density at radius 3 is 3.00 bits per heavy atom. The van der Waals surface area contributed by atoms with E-state index in [-0.39, 0.29) is 5.91 Å². The number of hydrogen-bond donors (Lipinski definition) is 0. The first-order valence-electron chi connectivity index (χ1n) is 3.88. The van der Waals surface area contributed by atoms with E-state index < -0.39 is 0 Å². The summed E-state index contributed by atoms with van der Waals surface area (Å²) in [6.45, 7) is 1.98. The largest absolute Gasteiger partial charge is 0.271 e. The zero-order valence-electron chi connectivity index (χ0n) is 7.28. The van der Waals surface area contributed by atoms with Crippen LogP contribution in [0.15, 0.2) is 29.3 Å². The second kappa shape index (κ2) is 4.65. The number of amides is 1. The summed E-state index contributed by atoms with van der Waals surface area (Å²) in [5.74, 6) is -0.249. The molecule has 1 amide bonds. The highest BCUT2D eigenvalue weighted by molar-refractivity contribution is 7.78. The van der Waals surface area contributed by atoms with Crippen LogP contribution in [0.5, 0.6) is 0 Å². The van der Waals surface area contributed by atoms with Crippen molar-refractivity contribution in [1.82, 2.24) is 0 Å². The van der Waals surface area contributed by atoms with Gasteiger partial charge in [-0.2, -0.15) is 4.99 Å². The Morgan fingerprint density at radius 1 is 1.62 bits per heavy atom. The van der Waals surface area contributed by atoms with Gasteiger partial charge >= 0.3 is 0 Å². The second-order valence-corrected chi connectivity index (χ2v) is 2.95.